The Balaban J connectivity index is 2.19. The third kappa shape index (κ3) is 2.56. The largest absolute Gasteiger partial charge is 0.366 e. The molecule has 0 spiro atoms. The first kappa shape index (κ1) is 11.5. The van der Waals surface area contributed by atoms with Crippen LogP contribution in [0.25, 0.3) is 0 Å². The fourth-order valence-corrected chi connectivity index (χ4v) is 1.96. The second-order valence-corrected chi connectivity index (χ2v) is 4.13. The maximum absolute atomic E-state index is 11.3. The van der Waals surface area contributed by atoms with Crippen molar-refractivity contribution in [3.05, 3.63) is 59.4 Å². The van der Waals surface area contributed by atoms with Gasteiger partial charge >= 0.3 is 0 Å². The molecule has 3 heteroatoms. The summed E-state index contributed by atoms with van der Waals surface area (Å²) in [7, 11) is 0. The average Bonchev–Trinajstić information content (AvgIpc) is 2.33. The molecule has 0 saturated heterocycles. The number of primary amides is 1. The summed E-state index contributed by atoms with van der Waals surface area (Å²) in [6.45, 7) is 2.70. The van der Waals surface area contributed by atoms with Crippen LogP contribution in [0.4, 0.5) is 0 Å². The molecule has 0 unspecified atom stereocenters. The summed E-state index contributed by atoms with van der Waals surface area (Å²) in [6, 6.07) is 10.2. The summed E-state index contributed by atoms with van der Waals surface area (Å²) in [5.74, 6) is -0.329. The van der Waals surface area contributed by atoms with E-state index in [2.05, 4.69) is 17.0 Å². The number of amides is 1. The van der Waals surface area contributed by atoms with Crippen LogP contribution in [-0.4, -0.2) is 10.8 Å². The number of carbonyl (C=O) groups is 1. The maximum atomic E-state index is 11.3. The third-order valence-electron chi connectivity index (χ3n) is 2.97. The summed E-state index contributed by atoms with van der Waals surface area (Å²) in [6.07, 6.45) is 4.61. The second-order valence-electron chi connectivity index (χ2n) is 4.13. The maximum Gasteiger partial charge on any atom is 0.246 e. The van der Waals surface area contributed by atoms with E-state index in [-0.39, 0.29) is 5.91 Å². The molecule has 1 aliphatic rings. The van der Waals surface area contributed by atoms with Crippen molar-refractivity contribution in [2.75, 3.05) is 0 Å². The second kappa shape index (κ2) is 4.87. The molecule has 17 heavy (non-hydrogen) atoms. The Hall–Kier alpha value is -2.03. The first-order valence-corrected chi connectivity index (χ1v) is 5.65. The molecule has 1 heterocycles. The standard InChI is InChI=1S/C14H16N2O/c1-11-13(14(15)17)8-5-9-16(11)10-12-6-3-2-4-7-12/h2-7,9H,8,10H2,1H3,(H2,15,17). The molecule has 1 aliphatic heterocycles. The Bertz CT molecular complexity index is 474. The molecule has 0 radical (unpaired) electrons. The number of hydrogen-bond acceptors (Lipinski definition) is 2. The van der Waals surface area contributed by atoms with E-state index in [1.165, 1.54) is 5.56 Å². The van der Waals surface area contributed by atoms with Crippen molar-refractivity contribution in [2.24, 2.45) is 5.73 Å². The number of allylic oxidation sites excluding steroid dienone is 2. The zero-order valence-electron chi connectivity index (χ0n) is 9.89. The van der Waals surface area contributed by atoms with E-state index in [1.54, 1.807) is 0 Å². The Labute approximate surface area is 101 Å². The smallest absolute Gasteiger partial charge is 0.246 e. The lowest BCUT2D eigenvalue weighted by Crippen LogP contribution is -2.24. The van der Waals surface area contributed by atoms with Crippen LogP contribution in [0.2, 0.25) is 0 Å². The number of hydrogen-bond donors (Lipinski definition) is 1. The predicted molar refractivity (Wildman–Crippen MR) is 67.6 cm³/mol. The van der Waals surface area contributed by atoms with Crippen molar-refractivity contribution in [3.63, 3.8) is 0 Å². The van der Waals surface area contributed by atoms with Crippen LogP contribution in [0.1, 0.15) is 18.9 Å². The Morgan fingerprint density at radius 1 is 1.35 bits per heavy atom. The Morgan fingerprint density at radius 2 is 2.06 bits per heavy atom. The SMILES string of the molecule is CC1=C(C(N)=O)CC=CN1Cc1ccccc1. The van der Waals surface area contributed by atoms with E-state index < -0.39 is 0 Å². The number of carbonyl (C=O) groups excluding carboxylic acids is 1. The average molecular weight is 228 g/mol. The summed E-state index contributed by atoms with van der Waals surface area (Å²) < 4.78 is 0. The topological polar surface area (TPSA) is 46.3 Å². The summed E-state index contributed by atoms with van der Waals surface area (Å²) in [5.41, 5.74) is 8.21. The molecule has 0 fully saturated rings. The van der Waals surface area contributed by atoms with Gasteiger partial charge < -0.3 is 10.6 Å². The van der Waals surface area contributed by atoms with Gasteiger partial charge in [-0.3, -0.25) is 4.79 Å². The van der Waals surface area contributed by atoms with Crippen LogP contribution >= 0.6 is 0 Å². The first-order valence-electron chi connectivity index (χ1n) is 5.65. The minimum Gasteiger partial charge on any atom is -0.366 e. The van der Waals surface area contributed by atoms with E-state index in [0.29, 0.717) is 12.0 Å². The summed E-state index contributed by atoms with van der Waals surface area (Å²) in [5, 5.41) is 0. The molecule has 2 N–H and O–H groups in total. The molecule has 1 aromatic carbocycles. The lowest BCUT2D eigenvalue weighted by molar-refractivity contribution is -0.114. The van der Waals surface area contributed by atoms with Gasteiger partial charge in [-0.05, 0) is 18.9 Å². The molecule has 0 bridgehead atoms. The van der Waals surface area contributed by atoms with Crippen LogP contribution in [0, 0.1) is 0 Å². The summed E-state index contributed by atoms with van der Waals surface area (Å²) in [4.78, 5) is 13.3. The zero-order chi connectivity index (χ0) is 12.3. The van der Waals surface area contributed by atoms with Crippen LogP contribution in [0.15, 0.2) is 53.9 Å². The minimum absolute atomic E-state index is 0.329. The van der Waals surface area contributed by atoms with Gasteiger partial charge in [-0.1, -0.05) is 36.4 Å². The predicted octanol–water partition coefficient (Wildman–Crippen LogP) is 2.17. The highest BCUT2D eigenvalue weighted by Crippen LogP contribution is 2.21. The van der Waals surface area contributed by atoms with Gasteiger partial charge in [-0.2, -0.15) is 0 Å². The van der Waals surface area contributed by atoms with Gasteiger partial charge in [-0.15, -0.1) is 0 Å². The van der Waals surface area contributed by atoms with Gasteiger partial charge in [0.25, 0.3) is 0 Å². The van der Waals surface area contributed by atoms with Gasteiger partial charge in [0.05, 0.1) is 0 Å². The van der Waals surface area contributed by atoms with Crippen molar-refractivity contribution in [3.8, 4) is 0 Å². The highest BCUT2D eigenvalue weighted by molar-refractivity contribution is 5.93. The number of rotatable bonds is 3. The van der Waals surface area contributed by atoms with Gasteiger partial charge in [0.1, 0.15) is 0 Å². The molecule has 0 aromatic heterocycles. The highest BCUT2D eigenvalue weighted by atomic mass is 16.1. The van der Waals surface area contributed by atoms with E-state index in [9.17, 15) is 4.79 Å². The van der Waals surface area contributed by atoms with E-state index >= 15 is 0 Å². The van der Waals surface area contributed by atoms with Crippen LogP contribution in [-0.2, 0) is 11.3 Å². The van der Waals surface area contributed by atoms with Crippen molar-refractivity contribution in [2.45, 2.75) is 19.9 Å². The van der Waals surface area contributed by atoms with E-state index in [1.807, 2.05) is 37.4 Å². The fraction of sp³-hybridized carbons (Fsp3) is 0.214. The molecule has 88 valence electrons. The minimum atomic E-state index is -0.329. The van der Waals surface area contributed by atoms with Gasteiger partial charge in [-0.25, -0.2) is 0 Å². The molecular formula is C14H16N2O. The van der Waals surface area contributed by atoms with E-state index in [4.69, 9.17) is 5.73 Å². The normalized spacial score (nSPS) is 15.2. The van der Waals surface area contributed by atoms with Crippen LogP contribution in [0.5, 0.6) is 0 Å². The fourth-order valence-electron chi connectivity index (χ4n) is 1.96. The van der Waals surface area contributed by atoms with Crippen molar-refractivity contribution < 1.29 is 4.79 Å². The highest BCUT2D eigenvalue weighted by Gasteiger charge is 2.16. The van der Waals surface area contributed by atoms with Crippen LogP contribution in [0.3, 0.4) is 0 Å². The monoisotopic (exact) mass is 228 g/mol. The zero-order valence-corrected chi connectivity index (χ0v) is 9.89. The Kier molecular flexibility index (Phi) is 3.28. The van der Waals surface area contributed by atoms with Crippen molar-refractivity contribution >= 4 is 5.91 Å². The third-order valence-corrected chi connectivity index (χ3v) is 2.97. The number of nitrogens with two attached hydrogens (primary N) is 1. The van der Waals surface area contributed by atoms with Crippen molar-refractivity contribution in [1.82, 2.24) is 4.90 Å². The van der Waals surface area contributed by atoms with Gasteiger partial charge in [0.2, 0.25) is 5.91 Å². The number of nitrogens with zero attached hydrogens (tertiary/aromatic N) is 1. The molecule has 1 aromatic rings. The molecular weight excluding hydrogens is 212 g/mol. The molecule has 1 amide bonds. The lowest BCUT2D eigenvalue weighted by atomic mass is 10.1. The lowest BCUT2D eigenvalue weighted by Gasteiger charge is -2.26. The van der Waals surface area contributed by atoms with E-state index in [0.717, 1.165) is 12.2 Å². The first-order chi connectivity index (χ1) is 8.18. The van der Waals surface area contributed by atoms with Crippen molar-refractivity contribution in [1.29, 1.82) is 0 Å². The number of benzene rings is 1. The molecule has 0 saturated carbocycles. The molecule has 0 aliphatic carbocycles. The summed E-state index contributed by atoms with van der Waals surface area (Å²) >= 11 is 0. The quantitative estimate of drug-likeness (QED) is 0.861. The molecule has 0 atom stereocenters. The van der Waals surface area contributed by atoms with Crippen LogP contribution < -0.4 is 5.73 Å². The van der Waals surface area contributed by atoms with Gasteiger partial charge in [0, 0.05) is 24.0 Å². The Morgan fingerprint density at radius 3 is 2.71 bits per heavy atom. The molecule has 2 rings (SSSR count). The molecule has 3 nitrogen and oxygen atoms in total. The van der Waals surface area contributed by atoms with Gasteiger partial charge in [0.15, 0.2) is 0 Å².